The molecule has 0 spiro atoms. The van der Waals surface area contributed by atoms with E-state index in [-0.39, 0.29) is 18.1 Å². The molecule has 1 amide bonds. The number of anilines is 1. The Balaban J connectivity index is 1.60. The third-order valence-electron chi connectivity index (χ3n) is 4.23. The monoisotopic (exact) mass is 348 g/mol. The zero-order chi connectivity index (χ0) is 17.8. The number of nitrogens with zero attached hydrogens (tertiary/aromatic N) is 4. The maximum Gasteiger partial charge on any atom is 0.242 e. The Hall–Kier alpha value is -2.26. The lowest BCUT2D eigenvalue weighted by molar-refractivity contribution is -0.124. The summed E-state index contributed by atoms with van der Waals surface area (Å²) in [5, 5.41) is 13.8. The minimum atomic E-state index is -0.322. The molecule has 1 fully saturated rings. The number of nitrogens with one attached hydrogen (secondary N) is 2. The molecule has 25 heavy (non-hydrogen) atoms. The van der Waals surface area contributed by atoms with Crippen LogP contribution >= 0.6 is 0 Å². The van der Waals surface area contributed by atoms with Gasteiger partial charge in [0.05, 0.1) is 12.6 Å². The van der Waals surface area contributed by atoms with Crippen LogP contribution in [0.3, 0.4) is 0 Å². The van der Waals surface area contributed by atoms with Gasteiger partial charge in [-0.2, -0.15) is 5.10 Å². The van der Waals surface area contributed by atoms with Crippen LogP contribution < -0.4 is 5.32 Å². The molecule has 0 saturated carbocycles. The Morgan fingerprint density at radius 1 is 1.56 bits per heavy atom. The highest BCUT2D eigenvalue weighted by Crippen LogP contribution is 2.21. The van der Waals surface area contributed by atoms with Gasteiger partial charge < -0.3 is 14.6 Å². The summed E-state index contributed by atoms with van der Waals surface area (Å²) in [5.74, 6) is 2.47. The predicted octanol–water partition coefficient (Wildman–Crippen LogP) is 1.45. The molecule has 0 aromatic carbocycles. The molecular weight excluding hydrogens is 324 g/mol. The Morgan fingerprint density at radius 2 is 2.40 bits per heavy atom. The number of carbonyl (C=O) groups excluding carboxylic acids is 1. The molecule has 0 radical (unpaired) electrons. The van der Waals surface area contributed by atoms with Crippen molar-refractivity contribution in [3.05, 3.63) is 23.5 Å². The minimum absolute atomic E-state index is 0.129. The maximum atomic E-state index is 12.4. The van der Waals surface area contributed by atoms with E-state index in [9.17, 15) is 4.79 Å². The smallest absolute Gasteiger partial charge is 0.242 e. The minimum Gasteiger partial charge on any atom is -0.367 e. The normalized spacial score (nSPS) is 19.7. The van der Waals surface area contributed by atoms with Crippen LogP contribution in [0.2, 0.25) is 0 Å². The second kappa shape index (κ2) is 7.75. The fourth-order valence-electron chi connectivity index (χ4n) is 2.80. The first-order chi connectivity index (χ1) is 12.1. The van der Waals surface area contributed by atoms with Crippen molar-refractivity contribution in [1.29, 1.82) is 0 Å². The van der Waals surface area contributed by atoms with Gasteiger partial charge in [-0.25, -0.2) is 4.98 Å². The Kier molecular flexibility index (Phi) is 5.44. The molecule has 2 atom stereocenters. The van der Waals surface area contributed by atoms with Crippen LogP contribution in [0.5, 0.6) is 0 Å². The number of amides is 1. The summed E-state index contributed by atoms with van der Waals surface area (Å²) < 4.78 is 10.8. The first-order valence-electron chi connectivity index (χ1n) is 8.57. The first kappa shape index (κ1) is 17.6. The lowest BCUT2D eigenvalue weighted by atomic mass is 10.2. The largest absolute Gasteiger partial charge is 0.367 e. The van der Waals surface area contributed by atoms with Crippen LogP contribution in [0, 0.1) is 6.92 Å². The number of H-pyrrole nitrogens is 1. The van der Waals surface area contributed by atoms with Crippen molar-refractivity contribution in [2.45, 2.75) is 45.8 Å². The molecule has 136 valence electrons. The van der Waals surface area contributed by atoms with Crippen LogP contribution in [-0.4, -0.2) is 56.9 Å². The van der Waals surface area contributed by atoms with Gasteiger partial charge in [0.15, 0.2) is 11.6 Å². The number of carbonyl (C=O) groups is 1. The summed E-state index contributed by atoms with van der Waals surface area (Å²) in [6.07, 6.45) is 1.63. The molecule has 2 unspecified atom stereocenters. The third-order valence-corrected chi connectivity index (χ3v) is 4.23. The van der Waals surface area contributed by atoms with E-state index in [4.69, 9.17) is 9.26 Å². The fourth-order valence-corrected chi connectivity index (χ4v) is 2.80. The van der Waals surface area contributed by atoms with Gasteiger partial charge in [-0.15, -0.1) is 0 Å². The van der Waals surface area contributed by atoms with Crippen LogP contribution in [0.1, 0.15) is 43.8 Å². The first-order valence-corrected chi connectivity index (χ1v) is 8.57. The summed E-state index contributed by atoms with van der Waals surface area (Å²) in [7, 11) is 0. The lowest BCUT2D eigenvalue weighted by Gasteiger charge is -2.34. The van der Waals surface area contributed by atoms with Gasteiger partial charge >= 0.3 is 0 Å². The second-order valence-electron chi connectivity index (χ2n) is 6.23. The molecule has 1 aliphatic rings. The van der Waals surface area contributed by atoms with Crippen LogP contribution in [0.15, 0.2) is 10.6 Å². The number of hydrogen-bond donors (Lipinski definition) is 2. The van der Waals surface area contributed by atoms with Gasteiger partial charge in [-0.3, -0.25) is 14.8 Å². The standard InChI is InChI=1S/C16H24N6O3/c1-4-5-13-17-15(20-19-13)12-9-22(6-7-24-12)11(3)16(23)18-14-8-10(2)25-21-14/h8,11-12H,4-7,9H2,1-3H3,(H,17,19,20)(H,18,21,23). The van der Waals surface area contributed by atoms with Crippen molar-refractivity contribution >= 4 is 11.7 Å². The molecule has 1 saturated heterocycles. The molecule has 3 heterocycles. The quantitative estimate of drug-likeness (QED) is 0.813. The van der Waals surface area contributed by atoms with E-state index in [0.29, 0.717) is 37.1 Å². The molecule has 0 aliphatic carbocycles. The molecule has 2 N–H and O–H groups in total. The van der Waals surface area contributed by atoms with E-state index >= 15 is 0 Å². The molecule has 9 heteroatoms. The summed E-state index contributed by atoms with van der Waals surface area (Å²) >= 11 is 0. The van der Waals surface area contributed by atoms with E-state index in [0.717, 1.165) is 18.7 Å². The Bertz CT molecular complexity index is 712. The molecule has 0 bridgehead atoms. The van der Waals surface area contributed by atoms with Crippen LogP contribution in [-0.2, 0) is 16.0 Å². The summed E-state index contributed by atoms with van der Waals surface area (Å²) in [4.78, 5) is 19.0. The Morgan fingerprint density at radius 3 is 3.12 bits per heavy atom. The zero-order valence-electron chi connectivity index (χ0n) is 14.8. The van der Waals surface area contributed by atoms with E-state index in [1.807, 2.05) is 6.92 Å². The van der Waals surface area contributed by atoms with E-state index in [1.165, 1.54) is 0 Å². The number of aromatic nitrogens is 4. The van der Waals surface area contributed by atoms with E-state index in [1.54, 1.807) is 13.0 Å². The van der Waals surface area contributed by atoms with Gasteiger partial charge in [0.2, 0.25) is 5.91 Å². The van der Waals surface area contributed by atoms with Gasteiger partial charge in [0, 0.05) is 25.6 Å². The van der Waals surface area contributed by atoms with Crippen LogP contribution in [0.25, 0.3) is 0 Å². The van der Waals surface area contributed by atoms with Crippen molar-refractivity contribution in [3.63, 3.8) is 0 Å². The number of rotatable bonds is 6. The molecule has 9 nitrogen and oxygen atoms in total. The molecule has 2 aromatic rings. The SMILES string of the molecule is CCCc1nc(C2CN(C(C)C(=O)Nc3cc(C)on3)CCO2)n[nH]1. The van der Waals surface area contributed by atoms with Crippen molar-refractivity contribution < 1.29 is 14.1 Å². The average molecular weight is 348 g/mol. The van der Waals surface area contributed by atoms with Gasteiger partial charge in [0.1, 0.15) is 17.7 Å². The third kappa shape index (κ3) is 4.23. The van der Waals surface area contributed by atoms with Crippen molar-refractivity contribution in [2.24, 2.45) is 0 Å². The van der Waals surface area contributed by atoms with Crippen LogP contribution in [0.4, 0.5) is 5.82 Å². The molecule has 2 aromatic heterocycles. The molecule has 1 aliphatic heterocycles. The fraction of sp³-hybridized carbons (Fsp3) is 0.625. The Labute approximate surface area is 146 Å². The van der Waals surface area contributed by atoms with Gasteiger partial charge in [-0.1, -0.05) is 12.1 Å². The van der Waals surface area contributed by atoms with E-state index in [2.05, 4.69) is 37.5 Å². The number of morpholine rings is 1. The number of hydrogen-bond acceptors (Lipinski definition) is 7. The second-order valence-corrected chi connectivity index (χ2v) is 6.23. The van der Waals surface area contributed by atoms with Gasteiger partial charge in [-0.05, 0) is 20.3 Å². The van der Waals surface area contributed by atoms with Gasteiger partial charge in [0.25, 0.3) is 0 Å². The lowest BCUT2D eigenvalue weighted by Crippen LogP contribution is -2.48. The predicted molar refractivity (Wildman–Crippen MR) is 90.0 cm³/mol. The van der Waals surface area contributed by atoms with Crippen molar-refractivity contribution in [1.82, 2.24) is 25.2 Å². The average Bonchev–Trinajstić information content (AvgIpc) is 3.24. The van der Waals surface area contributed by atoms with E-state index < -0.39 is 0 Å². The highest BCUT2D eigenvalue weighted by Gasteiger charge is 2.31. The number of ether oxygens (including phenoxy) is 1. The maximum absolute atomic E-state index is 12.4. The summed E-state index contributed by atoms with van der Waals surface area (Å²) in [5.41, 5.74) is 0. The topological polar surface area (TPSA) is 109 Å². The highest BCUT2D eigenvalue weighted by molar-refractivity contribution is 5.93. The molecule has 3 rings (SSSR count). The zero-order valence-corrected chi connectivity index (χ0v) is 14.8. The summed E-state index contributed by atoms with van der Waals surface area (Å²) in [6.45, 7) is 7.51. The summed E-state index contributed by atoms with van der Waals surface area (Å²) in [6, 6.07) is 1.37. The number of aromatic amines is 1. The van der Waals surface area contributed by atoms with Crippen molar-refractivity contribution in [3.8, 4) is 0 Å². The highest BCUT2D eigenvalue weighted by atomic mass is 16.5. The number of aryl methyl sites for hydroxylation is 2. The molecular formula is C16H24N6O3. The van der Waals surface area contributed by atoms with Crippen molar-refractivity contribution in [2.75, 3.05) is 25.0 Å².